The molecule has 0 saturated carbocycles. The van der Waals surface area contributed by atoms with Crippen molar-refractivity contribution in [1.82, 2.24) is 14.7 Å². The van der Waals surface area contributed by atoms with Gasteiger partial charge in [0.2, 0.25) is 11.8 Å². The lowest BCUT2D eigenvalue weighted by Crippen LogP contribution is -2.56. The van der Waals surface area contributed by atoms with Gasteiger partial charge in [-0.25, -0.2) is 0 Å². The van der Waals surface area contributed by atoms with Crippen molar-refractivity contribution in [2.75, 3.05) is 19.6 Å². The number of piperazine rings is 1. The Balaban J connectivity index is 1.36. The van der Waals surface area contributed by atoms with Gasteiger partial charge in [0.25, 0.3) is 0 Å². The monoisotopic (exact) mass is 392 g/mol. The van der Waals surface area contributed by atoms with Crippen molar-refractivity contribution >= 4 is 11.8 Å². The Morgan fingerprint density at radius 3 is 2.90 bits per heavy atom. The Bertz CT molecular complexity index is 903. The van der Waals surface area contributed by atoms with Crippen LogP contribution >= 0.6 is 0 Å². The molecule has 1 unspecified atom stereocenters. The Labute approximate surface area is 170 Å². The molecule has 4 atom stereocenters. The van der Waals surface area contributed by atoms with Crippen molar-refractivity contribution in [2.24, 2.45) is 5.73 Å². The topological polar surface area (TPSA) is 117 Å². The summed E-state index contributed by atoms with van der Waals surface area (Å²) in [5.41, 5.74) is 7.69. The largest absolute Gasteiger partial charge is 0.333 e. The first-order valence-electron chi connectivity index (χ1n) is 10.0. The number of carbonyl (C=O) groups is 2. The summed E-state index contributed by atoms with van der Waals surface area (Å²) in [6, 6.07) is 10.4. The number of fused-ring (bicyclic) bond motifs is 2. The lowest BCUT2D eigenvalue weighted by atomic mass is 10.1. The van der Waals surface area contributed by atoms with E-state index in [4.69, 9.17) is 11.0 Å². The molecule has 3 heterocycles. The third kappa shape index (κ3) is 3.57. The molecule has 8 heteroatoms. The van der Waals surface area contributed by atoms with Crippen molar-refractivity contribution in [3.8, 4) is 12.1 Å². The van der Waals surface area contributed by atoms with Crippen LogP contribution in [0, 0.1) is 22.7 Å². The zero-order chi connectivity index (χ0) is 20.5. The van der Waals surface area contributed by atoms with Crippen LogP contribution in [0.3, 0.4) is 0 Å². The average Bonchev–Trinajstić information content (AvgIpc) is 3.44. The van der Waals surface area contributed by atoms with Gasteiger partial charge in [-0.05, 0) is 37.0 Å². The van der Waals surface area contributed by atoms with Crippen molar-refractivity contribution in [3.63, 3.8) is 0 Å². The molecule has 3 fully saturated rings. The number of likely N-dealkylation sites (tertiary alicyclic amines) is 3. The lowest BCUT2D eigenvalue weighted by molar-refractivity contribution is -0.139. The average molecular weight is 392 g/mol. The summed E-state index contributed by atoms with van der Waals surface area (Å²) < 4.78 is 0. The smallest absolute Gasteiger partial charge is 0.241 e. The molecule has 2 bridgehead atoms. The van der Waals surface area contributed by atoms with Gasteiger partial charge in [-0.1, -0.05) is 12.1 Å². The number of carbonyl (C=O) groups excluding carboxylic acids is 2. The van der Waals surface area contributed by atoms with Crippen molar-refractivity contribution < 1.29 is 9.59 Å². The number of rotatable bonds is 5. The molecule has 0 spiro atoms. The molecule has 4 rings (SSSR count). The minimum atomic E-state index is -0.725. The maximum absolute atomic E-state index is 12.9. The Kier molecular flexibility index (Phi) is 5.23. The van der Waals surface area contributed by atoms with E-state index in [0.29, 0.717) is 38.2 Å². The summed E-state index contributed by atoms with van der Waals surface area (Å²) >= 11 is 0. The summed E-state index contributed by atoms with van der Waals surface area (Å²) in [5.74, 6) is -0.145. The van der Waals surface area contributed by atoms with E-state index in [-0.39, 0.29) is 29.9 Å². The van der Waals surface area contributed by atoms with Gasteiger partial charge in [-0.15, -0.1) is 0 Å². The standard InChI is InChI=1S/C21H24N6O2/c22-9-14-3-1-4-15(7-14)11-27-17-8-19(21(27)29)25(12-17)13-18(24)20(28)26-6-2-5-16(26)10-23/h1,3-4,7,16-19H,2,5-6,8,11-13,24H2/t16-,17?,18-,19+/m0/s1. The van der Waals surface area contributed by atoms with Gasteiger partial charge in [-0.3, -0.25) is 14.5 Å². The van der Waals surface area contributed by atoms with Crippen LogP contribution in [-0.2, 0) is 16.1 Å². The second-order valence-electron chi connectivity index (χ2n) is 8.06. The Hall–Kier alpha value is -2.94. The number of hydrogen-bond donors (Lipinski definition) is 1. The maximum Gasteiger partial charge on any atom is 0.241 e. The minimum absolute atomic E-state index is 0.0549. The van der Waals surface area contributed by atoms with Crippen LogP contribution in [0.4, 0.5) is 0 Å². The molecule has 0 aliphatic carbocycles. The molecular formula is C21H24N6O2. The molecule has 1 aromatic carbocycles. The number of nitrogens with zero attached hydrogens (tertiary/aromatic N) is 5. The van der Waals surface area contributed by atoms with Gasteiger partial charge in [0, 0.05) is 32.2 Å². The zero-order valence-corrected chi connectivity index (χ0v) is 16.2. The number of benzene rings is 1. The number of nitriles is 2. The van der Waals surface area contributed by atoms with Crippen molar-refractivity contribution in [1.29, 1.82) is 10.5 Å². The predicted octanol–water partition coefficient (Wildman–Crippen LogP) is 0.185. The van der Waals surface area contributed by atoms with Crippen molar-refractivity contribution in [3.05, 3.63) is 35.4 Å². The fourth-order valence-electron chi connectivity index (χ4n) is 4.79. The molecule has 0 aromatic heterocycles. The molecule has 3 aliphatic rings. The van der Waals surface area contributed by atoms with E-state index in [1.54, 1.807) is 11.0 Å². The zero-order valence-electron chi connectivity index (χ0n) is 16.2. The molecule has 3 aliphatic heterocycles. The highest BCUT2D eigenvalue weighted by Crippen LogP contribution is 2.33. The lowest BCUT2D eigenvalue weighted by Gasteiger charge is -2.35. The summed E-state index contributed by atoms with van der Waals surface area (Å²) in [6.07, 6.45) is 2.26. The summed E-state index contributed by atoms with van der Waals surface area (Å²) in [6.45, 7) is 2.09. The van der Waals surface area contributed by atoms with Gasteiger partial charge >= 0.3 is 0 Å². The second kappa shape index (κ2) is 7.82. The van der Waals surface area contributed by atoms with E-state index in [0.717, 1.165) is 18.4 Å². The van der Waals surface area contributed by atoms with Gasteiger partial charge in [0.05, 0.1) is 29.8 Å². The Morgan fingerprint density at radius 1 is 1.34 bits per heavy atom. The molecule has 3 saturated heterocycles. The number of hydrogen-bond acceptors (Lipinski definition) is 6. The Morgan fingerprint density at radius 2 is 2.17 bits per heavy atom. The number of nitrogens with two attached hydrogens (primary N) is 1. The molecule has 2 N–H and O–H groups in total. The van der Waals surface area contributed by atoms with Crippen LogP contribution in [-0.4, -0.2) is 70.3 Å². The van der Waals surface area contributed by atoms with Crippen LogP contribution in [0.15, 0.2) is 24.3 Å². The van der Waals surface area contributed by atoms with Crippen LogP contribution < -0.4 is 5.73 Å². The molecule has 0 radical (unpaired) electrons. The SMILES string of the molecule is N#Cc1cccc(CN2C(=O)[C@H]3CC2CN3C[C@H](N)C(=O)N2CCC[C@H]2C#N)c1. The van der Waals surface area contributed by atoms with Crippen LogP contribution in [0.25, 0.3) is 0 Å². The van der Waals surface area contributed by atoms with Crippen LogP contribution in [0.2, 0.25) is 0 Å². The first kappa shape index (κ1) is 19.4. The summed E-state index contributed by atoms with van der Waals surface area (Å²) in [4.78, 5) is 31.0. The molecule has 150 valence electrons. The number of amides is 2. The quantitative estimate of drug-likeness (QED) is 0.764. The van der Waals surface area contributed by atoms with E-state index in [9.17, 15) is 14.9 Å². The maximum atomic E-state index is 12.9. The highest BCUT2D eigenvalue weighted by Gasteiger charge is 2.50. The highest BCUT2D eigenvalue weighted by molar-refractivity contribution is 5.86. The van der Waals surface area contributed by atoms with E-state index >= 15 is 0 Å². The molecule has 1 aromatic rings. The molecular weight excluding hydrogens is 368 g/mol. The molecule has 29 heavy (non-hydrogen) atoms. The highest BCUT2D eigenvalue weighted by atomic mass is 16.2. The van der Waals surface area contributed by atoms with Gasteiger partial charge < -0.3 is 15.5 Å². The summed E-state index contributed by atoms with van der Waals surface area (Å²) in [5, 5.41) is 18.2. The van der Waals surface area contributed by atoms with Crippen molar-refractivity contribution in [2.45, 2.75) is 50.0 Å². The second-order valence-corrected chi connectivity index (χ2v) is 8.06. The third-order valence-corrected chi connectivity index (χ3v) is 6.23. The van der Waals surface area contributed by atoms with Crippen LogP contribution in [0.5, 0.6) is 0 Å². The molecule has 2 amide bonds. The molecule has 8 nitrogen and oxygen atoms in total. The fourth-order valence-corrected chi connectivity index (χ4v) is 4.79. The van der Waals surface area contributed by atoms with E-state index < -0.39 is 6.04 Å². The van der Waals surface area contributed by atoms with E-state index in [1.807, 2.05) is 28.0 Å². The first-order valence-corrected chi connectivity index (χ1v) is 10.0. The van der Waals surface area contributed by atoms with E-state index in [2.05, 4.69) is 12.1 Å². The van der Waals surface area contributed by atoms with E-state index in [1.165, 1.54) is 0 Å². The third-order valence-electron chi connectivity index (χ3n) is 6.23. The van der Waals surface area contributed by atoms with Gasteiger partial charge in [0.15, 0.2) is 0 Å². The first-order chi connectivity index (χ1) is 14.0. The van der Waals surface area contributed by atoms with Gasteiger partial charge in [0.1, 0.15) is 6.04 Å². The minimum Gasteiger partial charge on any atom is -0.333 e. The van der Waals surface area contributed by atoms with Gasteiger partial charge in [-0.2, -0.15) is 10.5 Å². The van der Waals surface area contributed by atoms with Crippen LogP contribution in [0.1, 0.15) is 30.4 Å². The summed E-state index contributed by atoms with van der Waals surface area (Å²) in [7, 11) is 0. The fraction of sp³-hybridized carbons (Fsp3) is 0.524. The normalized spacial score (nSPS) is 27.1. The predicted molar refractivity (Wildman–Crippen MR) is 104 cm³/mol.